The van der Waals surface area contributed by atoms with Crippen molar-refractivity contribution in [1.29, 1.82) is 0 Å². The molecule has 0 bridgehead atoms. The molecule has 1 unspecified atom stereocenters. The average molecular weight is 212 g/mol. The first-order valence-corrected chi connectivity index (χ1v) is 5.99. The van der Waals surface area contributed by atoms with Crippen LogP contribution >= 0.6 is 11.3 Å². The molecule has 4 heteroatoms. The van der Waals surface area contributed by atoms with Gasteiger partial charge in [0.15, 0.2) is 0 Å². The van der Waals surface area contributed by atoms with E-state index in [2.05, 4.69) is 10.3 Å². The molecule has 0 aliphatic carbocycles. The first-order chi connectivity index (χ1) is 6.95. The van der Waals surface area contributed by atoms with Gasteiger partial charge in [0.1, 0.15) is 0 Å². The Labute approximate surface area is 88.5 Å². The molecule has 1 saturated heterocycles. The fraction of sp³-hybridized carbons (Fsp3) is 0.700. The molecule has 1 aromatic heterocycles. The highest BCUT2D eigenvalue weighted by molar-refractivity contribution is 7.09. The number of nitrogens with one attached hydrogen (secondary N) is 1. The van der Waals surface area contributed by atoms with Gasteiger partial charge in [-0.3, -0.25) is 4.98 Å². The highest BCUT2D eigenvalue weighted by Crippen LogP contribution is 2.13. The van der Waals surface area contributed by atoms with Gasteiger partial charge in [0.2, 0.25) is 0 Å². The summed E-state index contributed by atoms with van der Waals surface area (Å²) in [5.74, 6) is 0.830. The predicted octanol–water partition coefficient (Wildman–Crippen LogP) is 1.66. The molecule has 0 radical (unpaired) electrons. The second-order valence-electron chi connectivity index (χ2n) is 3.67. The Kier molecular flexibility index (Phi) is 3.91. The molecular weight excluding hydrogens is 196 g/mol. The lowest BCUT2D eigenvalue weighted by Crippen LogP contribution is -2.10. The third-order valence-electron chi connectivity index (χ3n) is 2.56. The van der Waals surface area contributed by atoms with Crippen molar-refractivity contribution in [2.45, 2.75) is 19.4 Å². The number of rotatable bonds is 5. The molecular formula is C10H16N2OS. The van der Waals surface area contributed by atoms with Gasteiger partial charge in [-0.25, -0.2) is 0 Å². The molecule has 2 heterocycles. The number of ether oxygens (including phenoxy) is 1. The van der Waals surface area contributed by atoms with Crippen molar-refractivity contribution in [2.75, 3.05) is 19.7 Å². The Morgan fingerprint density at radius 2 is 2.64 bits per heavy atom. The summed E-state index contributed by atoms with van der Waals surface area (Å²) in [6.07, 6.45) is 4.37. The van der Waals surface area contributed by atoms with E-state index >= 15 is 0 Å². The van der Waals surface area contributed by atoms with Crippen LogP contribution in [0.2, 0.25) is 0 Å². The van der Waals surface area contributed by atoms with E-state index in [9.17, 15) is 0 Å². The number of hydrogen-bond donors (Lipinski definition) is 1. The Morgan fingerprint density at radius 3 is 3.36 bits per heavy atom. The quantitative estimate of drug-likeness (QED) is 0.754. The molecule has 1 aliphatic heterocycles. The lowest BCUT2D eigenvalue weighted by atomic mass is 10.1. The largest absolute Gasteiger partial charge is 0.376 e. The van der Waals surface area contributed by atoms with E-state index < -0.39 is 0 Å². The number of aromatic nitrogens is 1. The smallest absolute Gasteiger partial charge is 0.0825 e. The molecule has 1 atom stereocenters. The first-order valence-electron chi connectivity index (χ1n) is 5.11. The zero-order valence-electron chi connectivity index (χ0n) is 8.24. The van der Waals surface area contributed by atoms with E-state index in [1.165, 1.54) is 30.8 Å². The maximum Gasteiger partial charge on any atom is 0.0825 e. The second-order valence-corrected chi connectivity index (χ2v) is 4.64. The van der Waals surface area contributed by atoms with Gasteiger partial charge in [-0.15, -0.1) is 11.3 Å². The highest BCUT2D eigenvalue weighted by atomic mass is 32.1. The molecule has 1 fully saturated rings. The topological polar surface area (TPSA) is 34.1 Å². The van der Waals surface area contributed by atoms with Crippen LogP contribution in [-0.2, 0) is 11.3 Å². The van der Waals surface area contributed by atoms with Crippen molar-refractivity contribution < 1.29 is 4.74 Å². The van der Waals surface area contributed by atoms with Crippen LogP contribution in [0.3, 0.4) is 0 Å². The molecule has 1 aliphatic rings. The maximum atomic E-state index is 5.58. The van der Waals surface area contributed by atoms with Gasteiger partial charge in [0, 0.05) is 12.8 Å². The molecule has 2 rings (SSSR count). The van der Waals surface area contributed by atoms with Gasteiger partial charge in [-0.2, -0.15) is 0 Å². The van der Waals surface area contributed by atoms with Crippen LogP contribution in [0.5, 0.6) is 0 Å². The fourth-order valence-corrected chi connectivity index (χ4v) is 2.23. The van der Waals surface area contributed by atoms with Crippen LogP contribution in [0.1, 0.15) is 17.7 Å². The van der Waals surface area contributed by atoms with E-state index in [0.717, 1.165) is 19.1 Å². The predicted molar refractivity (Wildman–Crippen MR) is 57.4 cm³/mol. The Balaban J connectivity index is 1.55. The van der Waals surface area contributed by atoms with Crippen molar-refractivity contribution in [3.8, 4) is 0 Å². The molecule has 0 amide bonds. The summed E-state index contributed by atoms with van der Waals surface area (Å²) in [6.45, 7) is 3.96. The van der Waals surface area contributed by atoms with Gasteiger partial charge in [-0.1, -0.05) is 0 Å². The molecule has 1 aromatic rings. The van der Waals surface area contributed by atoms with Crippen molar-refractivity contribution in [2.24, 2.45) is 5.92 Å². The minimum Gasteiger partial charge on any atom is -0.376 e. The van der Waals surface area contributed by atoms with Crippen LogP contribution in [0.4, 0.5) is 0 Å². The SMILES string of the molecule is c1ncc(COCCC2CCNC2)s1. The van der Waals surface area contributed by atoms with Gasteiger partial charge < -0.3 is 10.1 Å². The zero-order chi connectivity index (χ0) is 9.64. The number of nitrogens with zero attached hydrogens (tertiary/aromatic N) is 1. The van der Waals surface area contributed by atoms with Crippen LogP contribution in [0, 0.1) is 5.92 Å². The summed E-state index contributed by atoms with van der Waals surface area (Å²) in [7, 11) is 0. The van der Waals surface area contributed by atoms with E-state index in [-0.39, 0.29) is 0 Å². The van der Waals surface area contributed by atoms with Gasteiger partial charge in [-0.05, 0) is 31.8 Å². The van der Waals surface area contributed by atoms with E-state index in [0.29, 0.717) is 0 Å². The second kappa shape index (κ2) is 5.44. The van der Waals surface area contributed by atoms with Crippen LogP contribution in [0.25, 0.3) is 0 Å². The summed E-state index contributed by atoms with van der Waals surface area (Å²) in [5.41, 5.74) is 1.85. The molecule has 0 saturated carbocycles. The number of hydrogen-bond acceptors (Lipinski definition) is 4. The van der Waals surface area contributed by atoms with Crippen LogP contribution < -0.4 is 5.32 Å². The minimum absolute atomic E-state index is 0.727. The van der Waals surface area contributed by atoms with Crippen LogP contribution in [0.15, 0.2) is 11.7 Å². The highest BCUT2D eigenvalue weighted by Gasteiger charge is 2.13. The Morgan fingerprint density at radius 1 is 1.64 bits per heavy atom. The first kappa shape index (κ1) is 10.1. The van der Waals surface area contributed by atoms with Crippen molar-refractivity contribution >= 4 is 11.3 Å². The number of thiazole rings is 1. The van der Waals surface area contributed by atoms with Crippen molar-refractivity contribution in [3.05, 3.63) is 16.6 Å². The monoisotopic (exact) mass is 212 g/mol. The zero-order valence-corrected chi connectivity index (χ0v) is 9.05. The average Bonchev–Trinajstić information content (AvgIpc) is 2.86. The summed E-state index contributed by atoms with van der Waals surface area (Å²) in [5, 5.41) is 3.36. The Hall–Kier alpha value is -0.450. The summed E-state index contributed by atoms with van der Waals surface area (Å²) >= 11 is 1.66. The van der Waals surface area contributed by atoms with E-state index in [1.807, 2.05) is 11.7 Å². The summed E-state index contributed by atoms with van der Waals surface area (Å²) in [4.78, 5) is 5.22. The fourth-order valence-electron chi connectivity index (χ4n) is 1.70. The third-order valence-corrected chi connectivity index (χ3v) is 3.31. The molecule has 0 aromatic carbocycles. The molecule has 78 valence electrons. The molecule has 14 heavy (non-hydrogen) atoms. The third kappa shape index (κ3) is 3.04. The molecule has 3 nitrogen and oxygen atoms in total. The van der Waals surface area contributed by atoms with Crippen LogP contribution in [-0.4, -0.2) is 24.7 Å². The lowest BCUT2D eigenvalue weighted by molar-refractivity contribution is 0.111. The summed E-state index contributed by atoms with van der Waals surface area (Å²) in [6, 6.07) is 0. The molecule has 1 N–H and O–H groups in total. The lowest BCUT2D eigenvalue weighted by Gasteiger charge is -2.07. The Bertz CT molecular complexity index is 245. The van der Waals surface area contributed by atoms with E-state index in [4.69, 9.17) is 4.74 Å². The minimum atomic E-state index is 0.727. The van der Waals surface area contributed by atoms with Crippen molar-refractivity contribution in [1.82, 2.24) is 10.3 Å². The van der Waals surface area contributed by atoms with Gasteiger partial charge in [0.25, 0.3) is 0 Å². The van der Waals surface area contributed by atoms with E-state index in [1.54, 1.807) is 11.3 Å². The van der Waals surface area contributed by atoms with Gasteiger partial charge >= 0.3 is 0 Å². The van der Waals surface area contributed by atoms with Gasteiger partial charge in [0.05, 0.1) is 17.0 Å². The summed E-state index contributed by atoms with van der Waals surface area (Å²) < 4.78 is 5.58. The van der Waals surface area contributed by atoms with Crippen molar-refractivity contribution in [3.63, 3.8) is 0 Å². The molecule has 0 spiro atoms. The normalized spacial score (nSPS) is 21.6. The maximum absolute atomic E-state index is 5.58. The standard InChI is InChI=1S/C10H16N2OS/c1-3-11-5-9(1)2-4-13-7-10-6-12-8-14-10/h6,8-9,11H,1-5,7H2.